The fraction of sp³-hybridized carbons (Fsp3) is 0.333. The van der Waals surface area contributed by atoms with Gasteiger partial charge in [-0.25, -0.2) is 0 Å². The summed E-state index contributed by atoms with van der Waals surface area (Å²) in [5.41, 5.74) is 1.39. The molecule has 2 N–H and O–H groups in total. The van der Waals surface area contributed by atoms with Crippen LogP contribution in [-0.2, 0) is 6.54 Å². The maximum absolute atomic E-state index is 6.52. The van der Waals surface area contributed by atoms with Gasteiger partial charge in [0, 0.05) is 25.0 Å². The van der Waals surface area contributed by atoms with E-state index in [9.17, 15) is 0 Å². The molecule has 0 atom stereocenters. The summed E-state index contributed by atoms with van der Waals surface area (Å²) in [6, 6.07) is 20.9. The molecule has 1 aliphatic rings. The molecule has 0 aliphatic carbocycles. The van der Waals surface area contributed by atoms with E-state index in [4.69, 9.17) is 11.6 Å². The highest BCUT2D eigenvalue weighted by Crippen LogP contribution is 2.38. The lowest BCUT2D eigenvalue weighted by Gasteiger charge is -2.32. The second kappa shape index (κ2) is 10.8. The molecule has 4 rings (SSSR count). The lowest BCUT2D eigenvalue weighted by atomic mass is 9.96. The van der Waals surface area contributed by atoms with Gasteiger partial charge in [-0.15, -0.1) is 0 Å². The van der Waals surface area contributed by atoms with Crippen LogP contribution < -0.4 is 10.6 Å². The Morgan fingerprint density at radius 1 is 1.00 bits per heavy atom. The molecule has 0 radical (unpaired) electrons. The number of benzene rings is 2. The van der Waals surface area contributed by atoms with Crippen LogP contribution in [0.1, 0.15) is 18.4 Å². The third kappa shape index (κ3) is 6.12. The van der Waals surface area contributed by atoms with Crippen LogP contribution >= 0.6 is 23.4 Å². The Morgan fingerprint density at radius 2 is 1.68 bits per heavy atom. The zero-order valence-electron chi connectivity index (χ0n) is 17.7. The van der Waals surface area contributed by atoms with Crippen LogP contribution in [-0.4, -0.2) is 41.5 Å². The molecule has 5 nitrogen and oxygen atoms in total. The second-order valence-corrected chi connectivity index (χ2v) is 9.21. The lowest BCUT2D eigenvalue weighted by Crippen LogP contribution is -2.35. The maximum Gasteiger partial charge on any atom is 0.225 e. The van der Waals surface area contributed by atoms with Crippen molar-refractivity contribution in [2.24, 2.45) is 5.92 Å². The third-order valence-corrected chi connectivity index (χ3v) is 7.01. The van der Waals surface area contributed by atoms with Gasteiger partial charge in [0.15, 0.2) is 5.15 Å². The molecule has 1 aromatic heterocycles. The summed E-state index contributed by atoms with van der Waals surface area (Å²) in [5, 5.41) is 7.04. The van der Waals surface area contributed by atoms with Crippen LogP contribution in [0.5, 0.6) is 0 Å². The number of rotatable bonds is 8. The average molecular weight is 454 g/mol. The highest BCUT2D eigenvalue weighted by Gasteiger charge is 2.21. The number of likely N-dealkylation sites (tertiary alicyclic amines) is 1. The van der Waals surface area contributed by atoms with Crippen LogP contribution in [0, 0.1) is 5.92 Å². The van der Waals surface area contributed by atoms with Crippen molar-refractivity contribution in [1.29, 1.82) is 0 Å². The number of aromatic nitrogens is 2. The molecule has 0 spiro atoms. The van der Waals surface area contributed by atoms with E-state index >= 15 is 0 Å². The van der Waals surface area contributed by atoms with Crippen molar-refractivity contribution in [3.8, 4) is 0 Å². The van der Waals surface area contributed by atoms with Crippen LogP contribution in [0.15, 0.2) is 70.5 Å². The van der Waals surface area contributed by atoms with E-state index in [1.165, 1.54) is 18.4 Å². The predicted octanol–water partition coefficient (Wildman–Crippen LogP) is 5.65. The van der Waals surface area contributed by atoms with Crippen molar-refractivity contribution >= 4 is 35.1 Å². The first-order valence-corrected chi connectivity index (χ1v) is 11.9. The average Bonchev–Trinajstić information content (AvgIpc) is 2.81. The fourth-order valence-electron chi connectivity index (χ4n) is 3.78. The molecule has 3 aromatic rings. The largest absolute Gasteiger partial charge is 0.369 e. The first kappa shape index (κ1) is 21.9. The van der Waals surface area contributed by atoms with Gasteiger partial charge in [-0.05, 0) is 49.5 Å². The molecule has 0 bridgehead atoms. The molecule has 7 heteroatoms. The van der Waals surface area contributed by atoms with Crippen molar-refractivity contribution in [2.75, 3.05) is 37.3 Å². The van der Waals surface area contributed by atoms with Gasteiger partial charge in [0.05, 0.1) is 4.90 Å². The summed E-state index contributed by atoms with van der Waals surface area (Å²) in [6.07, 6.45) is 2.36. The summed E-state index contributed by atoms with van der Waals surface area (Å²) in [6.45, 7) is 4.17. The smallest absolute Gasteiger partial charge is 0.225 e. The third-order valence-electron chi connectivity index (χ3n) is 5.53. The molecule has 1 fully saturated rings. The summed E-state index contributed by atoms with van der Waals surface area (Å²) in [4.78, 5) is 13.6. The van der Waals surface area contributed by atoms with Crippen molar-refractivity contribution in [1.82, 2.24) is 14.9 Å². The molecular weight excluding hydrogens is 426 g/mol. The molecule has 162 valence electrons. The Morgan fingerprint density at radius 3 is 2.35 bits per heavy atom. The van der Waals surface area contributed by atoms with Crippen LogP contribution in [0.3, 0.4) is 0 Å². The molecule has 0 unspecified atom stereocenters. The van der Waals surface area contributed by atoms with Gasteiger partial charge in [-0.1, -0.05) is 71.9 Å². The Labute approximate surface area is 193 Å². The van der Waals surface area contributed by atoms with Gasteiger partial charge in [0.1, 0.15) is 5.82 Å². The number of hydrogen-bond donors (Lipinski definition) is 2. The Balaban J connectivity index is 1.37. The quantitative estimate of drug-likeness (QED) is 0.430. The van der Waals surface area contributed by atoms with E-state index in [0.29, 0.717) is 17.0 Å². The highest BCUT2D eigenvalue weighted by molar-refractivity contribution is 7.99. The van der Waals surface area contributed by atoms with Gasteiger partial charge < -0.3 is 10.6 Å². The number of anilines is 2. The van der Waals surface area contributed by atoms with E-state index in [-0.39, 0.29) is 0 Å². The van der Waals surface area contributed by atoms with Gasteiger partial charge in [0.2, 0.25) is 5.95 Å². The number of hydrogen-bond acceptors (Lipinski definition) is 6. The fourth-order valence-corrected chi connectivity index (χ4v) is 4.94. The summed E-state index contributed by atoms with van der Waals surface area (Å²) in [5.74, 6) is 1.95. The number of halogens is 1. The van der Waals surface area contributed by atoms with Crippen LogP contribution in [0.25, 0.3) is 0 Å². The number of nitrogens with zero attached hydrogens (tertiary/aromatic N) is 3. The van der Waals surface area contributed by atoms with Gasteiger partial charge in [-0.3, -0.25) is 4.90 Å². The summed E-state index contributed by atoms with van der Waals surface area (Å²) < 4.78 is 0. The lowest BCUT2D eigenvalue weighted by molar-refractivity contribution is 0.182. The molecule has 0 amide bonds. The van der Waals surface area contributed by atoms with Gasteiger partial charge >= 0.3 is 0 Å². The molecule has 1 aliphatic heterocycles. The van der Waals surface area contributed by atoms with Gasteiger partial charge in [0.25, 0.3) is 0 Å². The van der Waals surface area contributed by atoms with Crippen LogP contribution in [0.2, 0.25) is 5.15 Å². The standard InChI is InChI=1S/C24H28ClN5S/c1-26-24-28-22(25)21(31-20-10-6-3-7-11-20)23(29-24)27-16-18-12-14-30(15-13-18)17-19-8-4-2-5-9-19/h2-11,18H,12-17H2,1H3,(H2,26,27,28,29). The zero-order valence-corrected chi connectivity index (χ0v) is 19.3. The minimum atomic E-state index is 0.466. The minimum absolute atomic E-state index is 0.466. The number of nitrogens with one attached hydrogen (secondary N) is 2. The molecule has 31 heavy (non-hydrogen) atoms. The summed E-state index contributed by atoms with van der Waals surface area (Å²) in [7, 11) is 1.81. The van der Waals surface area contributed by atoms with E-state index in [1.54, 1.807) is 11.8 Å². The second-order valence-electron chi connectivity index (χ2n) is 7.77. The Bertz CT molecular complexity index is 962. The maximum atomic E-state index is 6.52. The van der Waals surface area contributed by atoms with Crippen molar-refractivity contribution < 1.29 is 0 Å². The van der Waals surface area contributed by atoms with E-state index in [1.807, 2.05) is 25.2 Å². The normalized spacial score (nSPS) is 15.0. The SMILES string of the molecule is CNc1nc(Cl)c(Sc2ccccc2)c(NCC2CCN(Cc3ccccc3)CC2)n1. The topological polar surface area (TPSA) is 53.1 Å². The van der Waals surface area contributed by atoms with E-state index < -0.39 is 0 Å². The van der Waals surface area contributed by atoms with Crippen molar-refractivity contribution in [2.45, 2.75) is 29.2 Å². The molecule has 1 saturated heterocycles. The predicted molar refractivity (Wildman–Crippen MR) is 130 cm³/mol. The molecule has 2 heterocycles. The zero-order chi connectivity index (χ0) is 21.5. The number of piperidine rings is 1. The first-order chi connectivity index (χ1) is 15.2. The van der Waals surface area contributed by atoms with E-state index in [0.717, 1.165) is 41.8 Å². The van der Waals surface area contributed by atoms with Crippen LogP contribution in [0.4, 0.5) is 11.8 Å². The van der Waals surface area contributed by atoms with Gasteiger partial charge in [-0.2, -0.15) is 9.97 Å². The highest BCUT2D eigenvalue weighted by atomic mass is 35.5. The molecule has 0 saturated carbocycles. The Kier molecular flexibility index (Phi) is 7.67. The first-order valence-electron chi connectivity index (χ1n) is 10.7. The van der Waals surface area contributed by atoms with E-state index in [2.05, 4.69) is 68.0 Å². The molecule has 2 aromatic carbocycles. The Hall–Kier alpha value is -2.28. The van der Waals surface area contributed by atoms with Crippen molar-refractivity contribution in [3.63, 3.8) is 0 Å². The monoisotopic (exact) mass is 453 g/mol. The summed E-state index contributed by atoms with van der Waals surface area (Å²) >= 11 is 8.12. The minimum Gasteiger partial charge on any atom is -0.369 e. The van der Waals surface area contributed by atoms with Crippen molar-refractivity contribution in [3.05, 3.63) is 71.4 Å². The molecular formula is C24H28ClN5S.